The Hall–Kier alpha value is -2.64. The Kier molecular flexibility index (Phi) is 5.93. The number of nitrogens with one attached hydrogen (secondary N) is 1. The van der Waals surface area contributed by atoms with E-state index in [1.54, 1.807) is 42.7 Å². The van der Waals surface area contributed by atoms with E-state index >= 15 is 0 Å². The smallest absolute Gasteiger partial charge is 0.288 e. The van der Waals surface area contributed by atoms with Crippen molar-refractivity contribution in [1.82, 2.24) is 0 Å². The van der Waals surface area contributed by atoms with Gasteiger partial charge >= 0.3 is 0 Å². The maximum absolute atomic E-state index is 14.2. The molecule has 0 saturated heterocycles. The molecule has 3 nitrogen and oxygen atoms in total. The molecule has 0 fully saturated rings. The number of hydrogen-bond acceptors (Lipinski definition) is 2. The molecule has 0 radical (unpaired) electrons. The van der Waals surface area contributed by atoms with Crippen LogP contribution in [0.25, 0.3) is 11.5 Å². The lowest BCUT2D eigenvalue weighted by Crippen LogP contribution is -2.38. The number of halogens is 3. The van der Waals surface area contributed by atoms with Crippen LogP contribution in [0.3, 0.4) is 0 Å². The summed E-state index contributed by atoms with van der Waals surface area (Å²) in [5, 5.41) is 13.8. The van der Waals surface area contributed by atoms with E-state index in [1.165, 1.54) is 4.57 Å². The minimum Gasteiger partial charge on any atom is -0.502 e. The van der Waals surface area contributed by atoms with Crippen LogP contribution >= 0.6 is 28.1 Å². The van der Waals surface area contributed by atoms with Crippen LogP contribution in [0.4, 0.5) is 14.5 Å². The molecule has 0 atom stereocenters. The van der Waals surface area contributed by atoms with E-state index in [-0.39, 0.29) is 16.2 Å². The number of aromatic nitrogens is 1. The highest BCUT2D eigenvalue weighted by Gasteiger charge is 2.25. The van der Waals surface area contributed by atoms with Crippen molar-refractivity contribution in [3.05, 3.63) is 94.7 Å². The number of benzene rings is 2. The standard InChI is InChI=1S/C20H13BrF2N2OS/c21-13-5-4-6-15(11-13)24-20(27)18(25-9-2-1-3-10-25)19(26)16-12-14(22)7-8-17(16)23/h1-12H,(H-,24,26,27)/p+1. The molecule has 0 amide bonds. The molecule has 0 aliphatic rings. The fourth-order valence-corrected chi connectivity index (χ4v) is 3.18. The molecular weight excluding hydrogens is 434 g/mol. The maximum Gasteiger partial charge on any atom is 0.288 e. The molecular formula is C20H14BrF2N2OS+. The highest BCUT2D eigenvalue weighted by atomic mass is 79.9. The zero-order valence-electron chi connectivity index (χ0n) is 13.9. The zero-order valence-corrected chi connectivity index (χ0v) is 16.3. The second-order valence-electron chi connectivity index (χ2n) is 5.57. The normalized spacial score (nSPS) is 11.7. The predicted molar refractivity (Wildman–Crippen MR) is 109 cm³/mol. The Morgan fingerprint density at radius 3 is 2.44 bits per heavy atom. The Bertz CT molecular complexity index is 1030. The third-order valence-electron chi connectivity index (χ3n) is 3.68. The summed E-state index contributed by atoms with van der Waals surface area (Å²) < 4.78 is 30.2. The number of thiocarbonyl (C=S) groups is 1. The number of aliphatic hydroxyl groups excluding tert-OH is 1. The number of rotatable bonds is 4. The van der Waals surface area contributed by atoms with Crippen molar-refractivity contribution in [2.45, 2.75) is 0 Å². The van der Waals surface area contributed by atoms with E-state index in [2.05, 4.69) is 21.2 Å². The average molecular weight is 448 g/mol. The van der Waals surface area contributed by atoms with E-state index in [1.807, 2.05) is 12.1 Å². The molecule has 3 aromatic rings. The van der Waals surface area contributed by atoms with E-state index in [4.69, 9.17) is 12.2 Å². The van der Waals surface area contributed by atoms with Crippen LogP contribution in [0.1, 0.15) is 5.56 Å². The Balaban J connectivity index is 2.11. The summed E-state index contributed by atoms with van der Waals surface area (Å²) in [7, 11) is 0. The van der Waals surface area contributed by atoms with Gasteiger partial charge in [-0.15, -0.1) is 0 Å². The summed E-state index contributed by atoms with van der Waals surface area (Å²) in [4.78, 5) is 0.144. The van der Waals surface area contributed by atoms with Crippen LogP contribution in [-0.2, 0) is 0 Å². The first-order chi connectivity index (χ1) is 13.0. The van der Waals surface area contributed by atoms with Gasteiger partial charge in [0.1, 0.15) is 11.6 Å². The molecule has 0 aliphatic carbocycles. The lowest BCUT2D eigenvalue weighted by Gasteiger charge is -2.11. The van der Waals surface area contributed by atoms with Gasteiger partial charge in [0.25, 0.3) is 5.70 Å². The van der Waals surface area contributed by atoms with Crippen molar-refractivity contribution in [1.29, 1.82) is 0 Å². The third kappa shape index (κ3) is 4.56. The van der Waals surface area contributed by atoms with Crippen molar-refractivity contribution in [2.24, 2.45) is 0 Å². The Labute approximate surface area is 168 Å². The van der Waals surface area contributed by atoms with Gasteiger partial charge in [-0.25, -0.2) is 8.78 Å². The zero-order chi connectivity index (χ0) is 19.4. The summed E-state index contributed by atoms with van der Waals surface area (Å²) >= 11 is 8.83. The number of hydrogen-bond donors (Lipinski definition) is 2. The van der Waals surface area contributed by atoms with Gasteiger partial charge < -0.3 is 10.4 Å². The summed E-state index contributed by atoms with van der Waals surface area (Å²) in [5.74, 6) is -1.90. The lowest BCUT2D eigenvalue weighted by molar-refractivity contribution is -0.575. The van der Waals surface area contributed by atoms with Gasteiger partial charge in [0, 0.05) is 22.3 Å². The van der Waals surface area contributed by atoms with Gasteiger partial charge in [0.15, 0.2) is 17.4 Å². The van der Waals surface area contributed by atoms with E-state index in [0.29, 0.717) is 5.69 Å². The summed E-state index contributed by atoms with van der Waals surface area (Å²) in [5.41, 5.74) is 0.519. The molecule has 0 spiro atoms. The molecule has 2 N–H and O–H groups in total. The first-order valence-corrected chi connectivity index (χ1v) is 9.08. The lowest BCUT2D eigenvalue weighted by atomic mass is 10.1. The van der Waals surface area contributed by atoms with Crippen LogP contribution in [0.15, 0.2) is 77.5 Å². The van der Waals surface area contributed by atoms with Gasteiger partial charge in [0.2, 0.25) is 5.76 Å². The second kappa shape index (κ2) is 8.37. The van der Waals surface area contributed by atoms with Crippen molar-refractivity contribution in [3.8, 4) is 0 Å². The Morgan fingerprint density at radius 2 is 1.74 bits per heavy atom. The highest BCUT2D eigenvalue weighted by molar-refractivity contribution is 9.10. The molecule has 136 valence electrons. The van der Waals surface area contributed by atoms with Crippen LogP contribution in [0.2, 0.25) is 0 Å². The molecule has 0 bridgehead atoms. The first-order valence-electron chi connectivity index (χ1n) is 7.88. The van der Waals surface area contributed by atoms with Crippen LogP contribution in [0.5, 0.6) is 0 Å². The highest BCUT2D eigenvalue weighted by Crippen LogP contribution is 2.23. The van der Waals surface area contributed by atoms with Gasteiger partial charge in [-0.2, -0.15) is 4.57 Å². The minimum absolute atomic E-state index is 0.120. The van der Waals surface area contributed by atoms with Crippen LogP contribution in [0, 0.1) is 11.6 Å². The molecule has 0 saturated carbocycles. The van der Waals surface area contributed by atoms with Crippen LogP contribution in [-0.4, -0.2) is 10.1 Å². The van der Waals surface area contributed by atoms with Crippen molar-refractivity contribution >= 4 is 50.3 Å². The summed E-state index contributed by atoms with van der Waals surface area (Å²) in [6, 6.07) is 15.4. The fourth-order valence-electron chi connectivity index (χ4n) is 2.46. The van der Waals surface area contributed by atoms with E-state index < -0.39 is 17.4 Å². The summed E-state index contributed by atoms with van der Waals surface area (Å²) in [6.45, 7) is 0. The molecule has 1 aromatic heterocycles. The maximum atomic E-state index is 14.2. The largest absolute Gasteiger partial charge is 0.502 e. The Morgan fingerprint density at radius 1 is 1.00 bits per heavy atom. The third-order valence-corrected chi connectivity index (χ3v) is 4.47. The quantitative estimate of drug-likeness (QED) is 0.245. The van der Waals surface area contributed by atoms with Gasteiger partial charge in [0.05, 0.1) is 5.56 Å². The number of nitrogens with zero attached hydrogens (tertiary/aromatic N) is 1. The monoisotopic (exact) mass is 447 g/mol. The van der Waals surface area contributed by atoms with Crippen molar-refractivity contribution < 1.29 is 18.5 Å². The molecule has 1 heterocycles. The van der Waals surface area contributed by atoms with Crippen molar-refractivity contribution in [2.75, 3.05) is 5.32 Å². The molecule has 0 unspecified atom stereocenters. The SMILES string of the molecule is O/C(=C(\C(=S)Nc1cccc(Br)c1)[n+]1ccccc1)c1cc(F)ccc1F. The van der Waals surface area contributed by atoms with Gasteiger partial charge in [-0.1, -0.05) is 40.3 Å². The summed E-state index contributed by atoms with van der Waals surface area (Å²) in [6.07, 6.45) is 3.30. The molecule has 3 rings (SSSR count). The number of anilines is 1. The number of pyridine rings is 1. The molecule has 2 aromatic carbocycles. The van der Waals surface area contributed by atoms with Gasteiger partial charge in [-0.3, -0.25) is 0 Å². The second-order valence-corrected chi connectivity index (χ2v) is 6.89. The molecule has 27 heavy (non-hydrogen) atoms. The van der Waals surface area contributed by atoms with Crippen LogP contribution < -0.4 is 9.88 Å². The number of aliphatic hydroxyl groups is 1. The minimum atomic E-state index is -0.756. The predicted octanol–water partition coefficient (Wildman–Crippen LogP) is 5.34. The van der Waals surface area contributed by atoms with E-state index in [9.17, 15) is 13.9 Å². The van der Waals surface area contributed by atoms with Gasteiger partial charge in [-0.05, 0) is 36.4 Å². The van der Waals surface area contributed by atoms with Crippen molar-refractivity contribution in [3.63, 3.8) is 0 Å². The first kappa shape index (κ1) is 19.1. The molecule has 7 heteroatoms. The topological polar surface area (TPSA) is 36.1 Å². The molecule has 0 aliphatic heterocycles. The average Bonchev–Trinajstić information content (AvgIpc) is 2.64. The fraction of sp³-hybridized carbons (Fsp3) is 0. The van der Waals surface area contributed by atoms with E-state index in [0.717, 1.165) is 22.7 Å².